The van der Waals surface area contributed by atoms with E-state index >= 15 is 0 Å². The first-order chi connectivity index (χ1) is 8.41. The summed E-state index contributed by atoms with van der Waals surface area (Å²) < 4.78 is 27.0. The second-order valence-electron chi connectivity index (χ2n) is 3.84. The molecule has 2 rings (SSSR count). The maximum Gasteiger partial charge on any atom is 0.267 e. The van der Waals surface area contributed by atoms with E-state index in [0.717, 1.165) is 4.31 Å². The molecular weight excluding hydrogens is 254 g/mol. The van der Waals surface area contributed by atoms with E-state index in [2.05, 4.69) is 5.10 Å². The lowest BCUT2D eigenvalue weighted by Gasteiger charge is -2.18. The van der Waals surface area contributed by atoms with Crippen molar-refractivity contribution in [1.29, 1.82) is 0 Å². The van der Waals surface area contributed by atoms with Crippen LogP contribution in [0, 0.1) is 0 Å². The molecule has 0 atom stereocenters. The Hall–Kier alpha value is -2.02. The van der Waals surface area contributed by atoms with Crippen molar-refractivity contribution >= 4 is 15.7 Å². The third-order valence-electron chi connectivity index (χ3n) is 2.53. The van der Waals surface area contributed by atoms with Crippen LogP contribution in [0.2, 0.25) is 0 Å². The fourth-order valence-corrected chi connectivity index (χ4v) is 2.69. The topological polar surface area (TPSA) is 75.4 Å². The maximum atomic E-state index is 12.2. The molecule has 1 aromatic heterocycles. The summed E-state index contributed by atoms with van der Waals surface area (Å²) in [6.07, 6.45) is 2.71. The van der Waals surface area contributed by atoms with Crippen LogP contribution in [0.3, 0.4) is 0 Å². The van der Waals surface area contributed by atoms with Gasteiger partial charge >= 0.3 is 0 Å². The summed E-state index contributed by atoms with van der Waals surface area (Å²) >= 11 is 0. The monoisotopic (exact) mass is 267 g/mol. The van der Waals surface area contributed by atoms with Crippen molar-refractivity contribution in [1.82, 2.24) is 9.78 Å². The minimum absolute atomic E-state index is 0.0146. The highest BCUT2D eigenvalue weighted by Gasteiger charge is 2.22. The van der Waals surface area contributed by atoms with Crippen molar-refractivity contribution in [2.75, 3.05) is 11.4 Å². The van der Waals surface area contributed by atoms with Crippen molar-refractivity contribution in [3.8, 4) is 5.75 Å². The molecule has 18 heavy (non-hydrogen) atoms. The molecule has 0 aliphatic carbocycles. The van der Waals surface area contributed by atoms with Gasteiger partial charge in [-0.05, 0) is 12.1 Å². The van der Waals surface area contributed by atoms with Gasteiger partial charge in [-0.15, -0.1) is 0 Å². The van der Waals surface area contributed by atoms with Gasteiger partial charge in [-0.3, -0.25) is 8.99 Å². The van der Waals surface area contributed by atoms with Gasteiger partial charge in [-0.25, -0.2) is 8.42 Å². The first-order valence-corrected chi connectivity index (χ1v) is 6.62. The quantitative estimate of drug-likeness (QED) is 0.898. The van der Waals surface area contributed by atoms with Crippen molar-refractivity contribution in [3.05, 3.63) is 36.7 Å². The first kappa shape index (κ1) is 12.4. The summed E-state index contributed by atoms with van der Waals surface area (Å²) in [4.78, 5) is 0.107. The van der Waals surface area contributed by atoms with Crippen LogP contribution >= 0.6 is 0 Å². The van der Waals surface area contributed by atoms with Crippen LogP contribution < -0.4 is 4.31 Å². The van der Waals surface area contributed by atoms with E-state index in [1.54, 1.807) is 19.2 Å². The minimum atomic E-state index is -3.65. The normalized spacial score (nSPS) is 11.4. The molecule has 0 aliphatic heterocycles. The Morgan fingerprint density at radius 2 is 2.11 bits per heavy atom. The average molecular weight is 267 g/mol. The zero-order valence-electron chi connectivity index (χ0n) is 9.98. The van der Waals surface area contributed by atoms with E-state index in [4.69, 9.17) is 0 Å². The largest absolute Gasteiger partial charge is 0.508 e. The molecule has 0 bridgehead atoms. The van der Waals surface area contributed by atoms with Crippen molar-refractivity contribution in [2.24, 2.45) is 7.05 Å². The van der Waals surface area contributed by atoms with E-state index in [-0.39, 0.29) is 10.6 Å². The number of hydrogen-bond donors (Lipinski definition) is 1. The molecule has 0 fully saturated rings. The fourth-order valence-electron chi connectivity index (χ4n) is 1.52. The summed E-state index contributed by atoms with van der Waals surface area (Å²) in [5, 5.41) is 13.2. The molecule has 0 amide bonds. The fraction of sp³-hybridized carbons (Fsp3) is 0.182. The lowest BCUT2D eigenvalue weighted by molar-refractivity contribution is 0.475. The van der Waals surface area contributed by atoms with E-state index < -0.39 is 10.0 Å². The molecule has 0 spiro atoms. The Labute approximate surface area is 105 Å². The Morgan fingerprint density at radius 3 is 2.67 bits per heavy atom. The number of nitrogens with zero attached hydrogens (tertiary/aromatic N) is 3. The van der Waals surface area contributed by atoms with E-state index in [1.807, 2.05) is 0 Å². The molecule has 0 unspecified atom stereocenters. The molecule has 1 N–H and O–H groups in total. The highest BCUT2D eigenvalue weighted by molar-refractivity contribution is 7.92. The van der Waals surface area contributed by atoms with Crippen LogP contribution in [0.1, 0.15) is 0 Å². The van der Waals surface area contributed by atoms with Crippen LogP contribution in [0.4, 0.5) is 5.69 Å². The number of phenolic OH excluding ortho intramolecular Hbond substituents is 1. The molecule has 0 saturated carbocycles. The number of hydrogen-bond acceptors (Lipinski definition) is 4. The lowest BCUT2D eigenvalue weighted by Crippen LogP contribution is -2.26. The second kappa shape index (κ2) is 4.34. The van der Waals surface area contributed by atoms with E-state index in [1.165, 1.54) is 36.3 Å². The van der Waals surface area contributed by atoms with Crippen LogP contribution in [0.15, 0.2) is 41.6 Å². The number of aromatic nitrogens is 2. The molecule has 6 nitrogen and oxygen atoms in total. The van der Waals surface area contributed by atoms with Gasteiger partial charge in [0.25, 0.3) is 10.0 Å². The number of aromatic hydroxyl groups is 1. The van der Waals surface area contributed by atoms with Crippen molar-refractivity contribution in [3.63, 3.8) is 0 Å². The van der Waals surface area contributed by atoms with Gasteiger partial charge in [-0.1, -0.05) is 6.07 Å². The summed E-state index contributed by atoms with van der Waals surface area (Å²) in [6, 6.07) is 6.05. The third kappa shape index (κ3) is 2.17. The second-order valence-corrected chi connectivity index (χ2v) is 5.81. The van der Waals surface area contributed by atoms with Crippen molar-refractivity contribution < 1.29 is 13.5 Å². The van der Waals surface area contributed by atoms with Crippen LogP contribution in [-0.4, -0.2) is 30.4 Å². The van der Waals surface area contributed by atoms with Gasteiger partial charge in [0.1, 0.15) is 10.6 Å². The van der Waals surface area contributed by atoms with Crippen LogP contribution in [-0.2, 0) is 17.1 Å². The minimum Gasteiger partial charge on any atom is -0.508 e. The zero-order valence-corrected chi connectivity index (χ0v) is 10.8. The molecule has 0 aliphatic rings. The maximum absolute atomic E-state index is 12.2. The van der Waals surface area contributed by atoms with Gasteiger partial charge < -0.3 is 5.11 Å². The Balaban J connectivity index is 2.42. The average Bonchev–Trinajstić information content (AvgIpc) is 2.75. The van der Waals surface area contributed by atoms with Crippen LogP contribution in [0.25, 0.3) is 0 Å². The van der Waals surface area contributed by atoms with Gasteiger partial charge in [0, 0.05) is 26.4 Å². The molecule has 2 aromatic rings. The van der Waals surface area contributed by atoms with E-state index in [0.29, 0.717) is 5.69 Å². The van der Waals surface area contributed by atoms with Crippen LogP contribution in [0.5, 0.6) is 5.75 Å². The molecule has 96 valence electrons. The number of benzene rings is 1. The standard InChI is InChI=1S/C11H13N3O3S/c1-13-8-11(7-12-13)18(16,17)14(2)9-4-3-5-10(15)6-9/h3-8,15H,1-2H3. The van der Waals surface area contributed by atoms with Gasteiger partial charge in [0.05, 0.1) is 11.9 Å². The molecule has 1 aromatic carbocycles. The molecule has 0 radical (unpaired) electrons. The molecule has 0 saturated heterocycles. The molecule has 1 heterocycles. The number of rotatable bonds is 3. The van der Waals surface area contributed by atoms with Gasteiger partial charge in [-0.2, -0.15) is 5.10 Å². The van der Waals surface area contributed by atoms with Gasteiger partial charge in [0.15, 0.2) is 0 Å². The third-order valence-corrected chi connectivity index (χ3v) is 4.27. The number of phenols is 1. The summed E-state index contributed by atoms with van der Waals surface area (Å²) in [5.74, 6) is 0.0146. The van der Waals surface area contributed by atoms with E-state index in [9.17, 15) is 13.5 Å². The highest BCUT2D eigenvalue weighted by Crippen LogP contribution is 2.24. The molecule has 7 heteroatoms. The Bertz CT molecular complexity index is 664. The SMILES string of the molecule is CN(c1cccc(O)c1)S(=O)(=O)c1cnn(C)c1. The smallest absolute Gasteiger partial charge is 0.267 e. The Kier molecular flexibility index (Phi) is 3.00. The zero-order chi connectivity index (χ0) is 13.3. The predicted molar refractivity (Wildman–Crippen MR) is 66.9 cm³/mol. The highest BCUT2D eigenvalue weighted by atomic mass is 32.2. The number of anilines is 1. The summed E-state index contributed by atoms with van der Waals surface area (Å²) in [7, 11) is -0.575. The number of sulfonamides is 1. The predicted octanol–water partition coefficient (Wildman–Crippen LogP) is 0.951. The summed E-state index contributed by atoms with van der Waals surface area (Å²) in [5.41, 5.74) is 0.388. The van der Waals surface area contributed by atoms with Crippen molar-refractivity contribution in [2.45, 2.75) is 4.90 Å². The lowest BCUT2D eigenvalue weighted by atomic mass is 10.3. The summed E-state index contributed by atoms with van der Waals surface area (Å²) in [6.45, 7) is 0. The van der Waals surface area contributed by atoms with Gasteiger partial charge in [0.2, 0.25) is 0 Å². The Morgan fingerprint density at radius 1 is 1.39 bits per heavy atom. The molecular formula is C11H13N3O3S. The first-order valence-electron chi connectivity index (χ1n) is 5.18. The number of aryl methyl sites for hydroxylation is 1.